The summed E-state index contributed by atoms with van der Waals surface area (Å²) in [5, 5.41) is 2.32. The monoisotopic (exact) mass is 514 g/mol. The highest BCUT2D eigenvalue weighted by molar-refractivity contribution is 7.92. The van der Waals surface area contributed by atoms with Crippen molar-refractivity contribution in [2.24, 2.45) is 0 Å². The Morgan fingerprint density at radius 1 is 0.943 bits per heavy atom. The Bertz CT molecular complexity index is 1490. The summed E-state index contributed by atoms with van der Waals surface area (Å²) in [6.45, 7) is 3.40. The van der Waals surface area contributed by atoms with Gasteiger partial charge in [-0.2, -0.15) is 13.2 Å². The predicted molar refractivity (Wildman–Crippen MR) is 130 cm³/mol. The lowest BCUT2D eigenvalue weighted by Crippen LogP contribution is -2.16. The molecule has 10 heteroatoms. The van der Waals surface area contributed by atoms with Gasteiger partial charge in [0.15, 0.2) is 5.78 Å². The van der Waals surface area contributed by atoms with E-state index in [1.807, 2.05) is 0 Å². The van der Waals surface area contributed by atoms with Crippen molar-refractivity contribution < 1.29 is 26.4 Å². The van der Waals surface area contributed by atoms with Crippen molar-refractivity contribution in [1.29, 1.82) is 0 Å². The molecule has 0 fully saturated rings. The van der Waals surface area contributed by atoms with E-state index in [1.54, 1.807) is 35.7 Å². The number of allylic oxidation sites excluding steroid dienone is 1. The molecule has 0 unspecified atom stereocenters. The zero-order valence-corrected chi connectivity index (χ0v) is 19.5. The van der Waals surface area contributed by atoms with Crippen molar-refractivity contribution in [3.8, 4) is 21.8 Å². The first kappa shape index (κ1) is 24.4. The van der Waals surface area contributed by atoms with Gasteiger partial charge in [-0.25, -0.2) is 13.4 Å². The quantitative estimate of drug-likeness (QED) is 0.221. The van der Waals surface area contributed by atoms with Gasteiger partial charge in [0.1, 0.15) is 5.01 Å². The number of nitrogens with zero attached hydrogens (tertiary/aromatic N) is 1. The molecule has 0 aliphatic rings. The molecule has 0 amide bonds. The maximum absolute atomic E-state index is 12.9. The third-order valence-electron chi connectivity index (χ3n) is 5.02. The minimum atomic E-state index is -4.40. The summed E-state index contributed by atoms with van der Waals surface area (Å²) >= 11 is 1.28. The zero-order chi connectivity index (χ0) is 25.2. The number of halogens is 3. The first-order valence-corrected chi connectivity index (χ1v) is 12.5. The molecule has 0 saturated heterocycles. The maximum atomic E-state index is 12.9. The van der Waals surface area contributed by atoms with Crippen LogP contribution in [0.5, 0.6) is 0 Å². The number of thiazole rings is 1. The van der Waals surface area contributed by atoms with Crippen molar-refractivity contribution in [3.63, 3.8) is 0 Å². The highest BCUT2D eigenvalue weighted by atomic mass is 32.2. The summed E-state index contributed by atoms with van der Waals surface area (Å²) < 4.78 is 66.5. The molecular formula is C25H17F3N2O3S2. The normalized spacial score (nSPS) is 11.7. The lowest BCUT2D eigenvalue weighted by Gasteiger charge is -2.11. The predicted octanol–water partition coefficient (Wildman–Crippen LogP) is 6.67. The lowest BCUT2D eigenvalue weighted by atomic mass is 10.1. The molecule has 4 aromatic rings. The number of carbonyl (C=O) groups excluding carboxylic acids is 1. The van der Waals surface area contributed by atoms with Crippen molar-refractivity contribution in [3.05, 3.63) is 102 Å². The smallest absolute Gasteiger partial charge is 0.289 e. The molecular weight excluding hydrogens is 497 g/mol. The van der Waals surface area contributed by atoms with Crippen molar-refractivity contribution >= 4 is 32.8 Å². The molecule has 1 N–H and O–H groups in total. The molecule has 0 aliphatic carbocycles. The second-order valence-electron chi connectivity index (χ2n) is 7.36. The molecule has 1 aromatic heterocycles. The maximum Gasteiger partial charge on any atom is 0.416 e. The SMILES string of the molecule is C=CC(=O)c1ccccc1S(=O)(=O)Nc1ccc(-c2csc(-c3ccc(C(F)(F)F)cc3)n2)cc1. The number of nitrogens with one attached hydrogen (secondary N) is 1. The number of rotatable bonds is 7. The molecule has 0 bridgehead atoms. The molecule has 0 saturated carbocycles. The van der Waals surface area contributed by atoms with E-state index in [0.717, 1.165) is 18.2 Å². The minimum Gasteiger partial charge on any atom is -0.289 e. The van der Waals surface area contributed by atoms with Gasteiger partial charge in [0.2, 0.25) is 0 Å². The molecule has 0 atom stereocenters. The number of carbonyl (C=O) groups is 1. The summed E-state index contributed by atoms with van der Waals surface area (Å²) in [5.74, 6) is -0.506. The largest absolute Gasteiger partial charge is 0.416 e. The van der Waals surface area contributed by atoms with Gasteiger partial charge < -0.3 is 0 Å². The molecule has 1 heterocycles. The van der Waals surface area contributed by atoms with Crippen LogP contribution in [0.2, 0.25) is 0 Å². The number of hydrogen-bond acceptors (Lipinski definition) is 5. The van der Waals surface area contributed by atoms with Gasteiger partial charge in [-0.15, -0.1) is 11.3 Å². The van der Waals surface area contributed by atoms with Gasteiger partial charge >= 0.3 is 6.18 Å². The van der Waals surface area contributed by atoms with E-state index in [-0.39, 0.29) is 16.1 Å². The van der Waals surface area contributed by atoms with Gasteiger partial charge in [-0.3, -0.25) is 9.52 Å². The van der Waals surface area contributed by atoms with Gasteiger partial charge in [0.25, 0.3) is 10.0 Å². The van der Waals surface area contributed by atoms with Crippen molar-refractivity contribution in [1.82, 2.24) is 4.98 Å². The third-order valence-corrected chi connectivity index (χ3v) is 7.35. The number of benzene rings is 3. The van der Waals surface area contributed by atoms with Crippen molar-refractivity contribution in [2.75, 3.05) is 4.72 Å². The van der Waals surface area contributed by atoms with Crippen LogP contribution >= 0.6 is 11.3 Å². The summed E-state index contributed by atoms with van der Waals surface area (Å²) in [6.07, 6.45) is -3.35. The summed E-state index contributed by atoms with van der Waals surface area (Å²) in [4.78, 5) is 16.4. The Morgan fingerprint density at radius 3 is 2.20 bits per heavy atom. The molecule has 35 heavy (non-hydrogen) atoms. The lowest BCUT2D eigenvalue weighted by molar-refractivity contribution is -0.137. The van der Waals surface area contributed by atoms with Crippen LogP contribution in [0, 0.1) is 0 Å². The molecule has 4 rings (SSSR count). The van der Waals surface area contributed by atoms with Gasteiger partial charge in [0, 0.05) is 27.8 Å². The Morgan fingerprint density at radius 2 is 1.57 bits per heavy atom. The number of anilines is 1. The number of alkyl halides is 3. The van der Waals surface area contributed by atoms with E-state index in [1.165, 1.54) is 41.7 Å². The van der Waals surface area contributed by atoms with E-state index in [9.17, 15) is 26.4 Å². The van der Waals surface area contributed by atoms with Crippen molar-refractivity contribution in [2.45, 2.75) is 11.1 Å². The second-order valence-corrected chi connectivity index (χ2v) is 9.87. The second kappa shape index (κ2) is 9.47. The summed E-state index contributed by atoms with van der Waals surface area (Å²) in [5.41, 5.74) is 1.43. The molecule has 0 radical (unpaired) electrons. The molecule has 0 aliphatic heterocycles. The van der Waals surface area contributed by atoms with Crippen LogP contribution < -0.4 is 4.72 Å². The average Bonchev–Trinajstić information content (AvgIpc) is 3.34. The standard InChI is InChI=1S/C25H17F3N2O3S2/c1-2-22(31)20-5-3-4-6-23(20)35(32,33)30-19-13-9-16(10-14-19)21-15-34-24(29-21)17-7-11-18(12-8-17)25(26,27)28/h2-15,30H,1H2. The van der Waals surface area contributed by atoms with Crippen LogP contribution in [-0.4, -0.2) is 19.2 Å². The molecule has 0 spiro atoms. The van der Waals surface area contributed by atoms with Gasteiger partial charge in [-0.1, -0.05) is 43.0 Å². The summed E-state index contributed by atoms with van der Waals surface area (Å²) in [6, 6.07) is 17.1. The Hall–Kier alpha value is -3.76. The highest BCUT2D eigenvalue weighted by Gasteiger charge is 2.30. The highest BCUT2D eigenvalue weighted by Crippen LogP contribution is 2.33. The number of sulfonamides is 1. The van der Waals surface area contributed by atoms with E-state index in [4.69, 9.17) is 0 Å². The van der Waals surface area contributed by atoms with Crippen LogP contribution in [0.4, 0.5) is 18.9 Å². The fraction of sp³-hybridized carbons (Fsp3) is 0.0400. The third kappa shape index (κ3) is 5.33. The average molecular weight is 515 g/mol. The first-order valence-electron chi connectivity index (χ1n) is 10.1. The van der Waals surface area contributed by atoms with E-state index >= 15 is 0 Å². The Labute approximate surface area is 203 Å². The van der Waals surface area contributed by atoms with Gasteiger partial charge in [0.05, 0.1) is 16.2 Å². The van der Waals surface area contributed by atoms with Crippen LogP contribution in [0.15, 0.2) is 95.7 Å². The summed E-state index contributed by atoms with van der Waals surface area (Å²) in [7, 11) is -4.03. The first-order chi connectivity index (χ1) is 16.6. The number of hydrogen-bond donors (Lipinski definition) is 1. The number of aromatic nitrogens is 1. The van der Waals surface area contributed by atoms with Crippen LogP contribution in [0.25, 0.3) is 21.8 Å². The van der Waals surface area contributed by atoms with E-state index in [2.05, 4.69) is 16.3 Å². The Balaban J connectivity index is 1.53. The van der Waals surface area contributed by atoms with Crippen LogP contribution in [-0.2, 0) is 16.2 Å². The Kier molecular flexibility index (Phi) is 6.60. The van der Waals surface area contributed by atoms with Crippen LogP contribution in [0.1, 0.15) is 15.9 Å². The number of ketones is 1. The molecule has 5 nitrogen and oxygen atoms in total. The molecule has 178 valence electrons. The topological polar surface area (TPSA) is 76.1 Å². The zero-order valence-electron chi connectivity index (χ0n) is 17.9. The van der Waals surface area contributed by atoms with E-state index in [0.29, 0.717) is 21.8 Å². The fourth-order valence-electron chi connectivity index (χ4n) is 3.27. The van der Waals surface area contributed by atoms with Crippen LogP contribution in [0.3, 0.4) is 0 Å². The fourth-order valence-corrected chi connectivity index (χ4v) is 5.38. The molecule has 3 aromatic carbocycles. The van der Waals surface area contributed by atoms with E-state index < -0.39 is 27.5 Å². The van der Waals surface area contributed by atoms with Gasteiger partial charge in [-0.05, 0) is 42.5 Å². The minimum absolute atomic E-state index is 0.0184.